The molecule has 0 aliphatic carbocycles. The van der Waals surface area contributed by atoms with Crippen LogP contribution in [0.3, 0.4) is 0 Å². The van der Waals surface area contributed by atoms with E-state index in [1.165, 1.54) is 13.8 Å². The molecule has 1 aliphatic heterocycles. The second-order valence-electron chi connectivity index (χ2n) is 7.02. The molecule has 0 amide bonds. The van der Waals surface area contributed by atoms with Crippen LogP contribution in [0.4, 0.5) is 0 Å². The van der Waals surface area contributed by atoms with Gasteiger partial charge in [0.15, 0.2) is 12.4 Å². The molecule has 0 spiro atoms. The Morgan fingerprint density at radius 2 is 1.79 bits per heavy atom. The van der Waals surface area contributed by atoms with E-state index in [9.17, 15) is 19.8 Å². The highest BCUT2D eigenvalue weighted by Gasteiger charge is 2.47. The Bertz CT molecular complexity index is 585. The molecule has 1 rings (SSSR count). The first-order valence-electron chi connectivity index (χ1n) is 9.52. The van der Waals surface area contributed by atoms with Crippen LogP contribution in [0.25, 0.3) is 0 Å². The summed E-state index contributed by atoms with van der Waals surface area (Å²) in [4.78, 5) is 22.4. The van der Waals surface area contributed by atoms with Crippen molar-refractivity contribution in [3.05, 3.63) is 23.8 Å². The van der Waals surface area contributed by atoms with Gasteiger partial charge in [0.05, 0.1) is 13.2 Å². The summed E-state index contributed by atoms with van der Waals surface area (Å²) in [6, 6.07) is 0. The topological polar surface area (TPSA) is 132 Å². The van der Waals surface area contributed by atoms with Crippen molar-refractivity contribution in [1.29, 1.82) is 0 Å². The van der Waals surface area contributed by atoms with Crippen molar-refractivity contribution in [3.8, 4) is 0 Å². The maximum Gasteiger partial charge on any atom is 0.303 e. The zero-order chi connectivity index (χ0) is 22.0. The Morgan fingerprint density at radius 3 is 2.38 bits per heavy atom. The molecule has 0 radical (unpaired) electrons. The lowest BCUT2D eigenvalue weighted by Gasteiger charge is -2.41. The molecule has 0 saturated carbocycles. The average Bonchev–Trinajstić information content (AvgIpc) is 2.65. The van der Waals surface area contributed by atoms with Crippen LogP contribution in [0.2, 0.25) is 0 Å². The molecule has 0 aromatic carbocycles. The van der Waals surface area contributed by atoms with Crippen molar-refractivity contribution in [2.45, 2.75) is 70.7 Å². The average molecular weight is 416 g/mol. The molecule has 0 unspecified atom stereocenters. The van der Waals surface area contributed by atoms with E-state index in [4.69, 9.17) is 24.1 Å². The Labute approximate surface area is 170 Å². The summed E-state index contributed by atoms with van der Waals surface area (Å²) in [6.07, 6.45) is -2.37. The number of hydrogen-bond donors (Lipinski definition) is 3. The summed E-state index contributed by atoms with van der Waals surface area (Å²) in [5.74, 6) is -1.22. The smallest absolute Gasteiger partial charge is 0.303 e. The minimum Gasteiger partial charge on any atom is -0.463 e. The van der Waals surface area contributed by atoms with Crippen LogP contribution in [0.1, 0.15) is 40.0 Å². The molecular weight excluding hydrogens is 384 g/mol. The maximum atomic E-state index is 11.4. The number of hydrogen-bond acceptors (Lipinski definition) is 9. The van der Waals surface area contributed by atoms with Gasteiger partial charge in [0.25, 0.3) is 0 Å². The van der Waals surface area contributed by atoms with E-state index < -0.39 is 42.6 Å². The molecule has 29 heavy (non-hydrogen) atoms. The van der Waals surface area contributed by atoms with Gasteiger partial charge >= 0.3 is 11.9 Å². The Kier molecular flexibility index (Phi) is 11.1. The highest BCUT2D eigenvalue weighted by Crippen LogP contribution is 2.25. The first-order valence-corrected chi connectivity index (χ1v) is 9.52. The predicted molar refractivity (Wildman–Crippen MR) is 103 cm³/mol. The number of rotatable bonds is 11. The van der Waals surface area contributed by atoms with Crippen molar-refractivity contribution < 1.29 is 43.9 Å². The fourth-order valence-electron chi connectivity index (χ4n) is 2.73. The zero-order valence-corrected chi connectivity index (χ0v) is 17.2. The van der Waals surface area contributed by atoms with Crippen molar-refractivity contribution in [2.75, 3.05) is 19.8 Å². The number of aliphatic hydroxyl groups excluding tert-OH is 3. The summed E-state index contributed by atoms with van der Waals surface area (Å²) in [5, 5.41) is 29.5. The Balaban J connectivity index is 2.63. The molecule has 1 heterocycles. The highest BCUT2D eigenvalue weighted by atomic mass is 16.7. The van der Waals surface area contributed by atoms with Crippen molar-refractivity contribution in [3.63, 3.8) is 0 Å². The fourth-order valence-corrected chi connectivity index (χ4v) is 2.73. The minimum atomic E-state index is -1.46. The lowest BCUT2D eigenvalue weighted by atomic mass is 9.99. The summed E-state index contributed by atoms with van der Waals surface area (Å²) in [7, 11) is 0. The zero-order valence-electron chi connectivity index (χ0n) is 17.2. The third-order valence-electron chi connectivity index (χ3n) is 4.38. The van der Waals surface area contributed by atoms with E-state index in [1.807, 2.05) is 13.0 Å². The number of ether oxygens (including phenoxy) is 4. The molecule has 0 bridgehead atoms. The first kappa shape index (κ1) is 25.3. The van der Waals surface area contributed by atoms with Crippen molar-refractivity contribution in [1.82, 2.24) is 0 Å². The van der Waals surface area contributed by atoms with E-state index in [1.54, 1.807) is 0 Å². The molecule has 1 fully saturated rings. The lowest BCUT2D eigenvalue weighted by Crippen LogP contribution is -2.60. The number of carbonyl (C=O) groups is 2. The van der Waals surface area contributed by atoms with E-state index in [2.05, 4.69) is 6.58 Å². The van der Waals surface area contributed by atoms with Crippen LogP contribution in [0.5, 0.6) is 0 Å². The largest absolute Gasteiger partial charge is 0.463 e. The molecule has 9 heteroatoms. The van der Waals surface area contributed by atoms with Gasteiger partial charge in [0, 0.05) is 13.8 Å². The molecule has 1 saturated heterocycles. The number of esters is 2. The third-order valence-corrected chi connectivity index (χ3v) is 4.38. The Morgan fingerprint density at radius 1 is 1.10 bits per heavy atom. The molecular formula is C20H32O9. The van der Waals surface area contributed by atoms with Crippen LogP contribution in [-0.4, -0.2) is 77.8 Å². The summed E-state index contributed by atoms with van der Waals surface area (Å²) in [6.45, 7) is 8.13. The van der Waals surface area contributed by atoms with Crippen LogP contribution in [0.15, 0.2) is 23.8 Å². The van der Waals surface area contributed by atoms with E-state index in [0.29, 0.717) is 6.42 Å². The summed E-state index contributed by atoms with van der Waals surface area (Å²) in [5.41, 5.74) is 1.81. The molecule has 5 atom stereocenters. The third kappa shape index (κ3) is 9.05. The van der Waals surface area contributed by atoms with Crippen LogP contribution < -0.4 is 0 Å². The van der Waals surface area contributed by atoms with Gasteiger partial charge in [-0.1, -0.05) is 23.8 Å². The van der Waals surface area contributed by atoms with Gasteiger partial charge in [-0.15, -0.1) is 0 Å². The molecule has 3 N–H and O–H groups in total. The fraction of sp³-hybridized carbons (Fsp3) is 0.700. The normalized spacial score (nSPS) is 27.4. The van der Waals surface area contributed by atoms with E-state index in [0.717, 1.165) is 24.0 Å². The molecule has 9 nitrogen and oxygen atoms in total. The molecule has 0 aromatic heterocycles. The van der Waals surface area contributed by atoms with Crippen LogP contribution >= 0.6 is 0 Å². The Hall–Kier alpha value is -1.78. The molecule has 1 aliphatic rings. The predicted octanol–water partition coefficient (Wildman–Crippen LogP) is 0.610. The highest BCUT2D eigenvalue weighted by molar-refractivity contribution is 5.66. The summed E-state index contributed by atoms with van der Waals surface area (Å²) < 4.78 is 21.1. The second kappa shape index (κ2) is 12.7. The number of aliphatic hydroxyl groups is 3. The van der Waals surface area contributed by atoms with Gasteiger partial charge in [-0.3, -0.25) is 9.59 Å². The summed E-state index contributed by atoms with van der Waals surface area (Å²) >= 11 is 0. The van der Waals surface area contributed by atoms with Crippen molar-refractivity contribution >= 4 is 11.9 Å². The quantitative estimate of drug-likeness (QED) is 0.327. The van der Waals surface area contributed by atoms with Crippen LogP contribution in [-0.2, 0) is 28.5 Å². The minimum absolute atomic E-state index is 0.0226. The first-order chi connectivity index (χ1) is 13.6. The van der Waals surface area contributed by atoms with Gasteiger partial charge in [-0.2, -0.15) is 0 Å². The van der Waals surface area contributed by atoms with E-state index >= 15 is 0 Å². The van der Waals surface area contributed by atoms with Crippen molar-refractivity contribution in [2.24, 2.45) is 0 Å². The van der Waals surface area contributed by atoms with Crippen LogP contribution in [0, 0.1) is 0 Å². The van der Waals surface area contributed by atoms with Gasteiger partial charge < -0.3 is 34.3 Å². The number of allylic oxidation sites excluding steroid dienone is 1. The lowest BCUT2D eigenvalue weighted by molar-refractivity contribution is -0.304. The monoisotopic (exact) mass is 416 g/mol. The van der Waals surface area contributed by atoms with Gasteiger partial charge in [-0.05, 0) is 26.2 Å². The van der Waals surface area contributed by atoms with E-state index in [-0.39, 0.29) is 19.8 Å². The van der Waals surface area contributed by atoms with Gasteiger partial charge in [-0.25, -0.2) is 0 Å². The number of carbonyl (C=O) groups excluding carboxylic acids is 2. The SMILES string of the molecule is C=C(CC/C=C(\C)CO)CCO[C@H]1O[C@@H](COC(C)=O)[C@H](O)[C@@H](O)[C@@H]1OC(C)=O. The van der Waals surface area contributed by atoms with Gasteiger partial charge in [0.2, 0.25) is 0 Å². The molecule has 0 aromatic rings. The standard InChI is InChI=1S/C20H32O9/c1-12(6-5-7-13(2)10-21)8-9-26-20-19(28-15(4)23)18(25)17(24)16(29-20)11-27-14(3)22/h7,16-21,24-25H,1,5-6,8-11H2,2-4H3/b13-7+/t16-,17-,18+,19-,20-/m0/s1. The maximum absolute atomic E-state index is 11.4. The second-order valence-corrected chi connectivity index (χ2v) is 7.02. The van der Waals surface area contributed by atoms with Gasteiger partial charge in [0.1, 0.15) is 24.9 Å². The molecule has 166 valence electrons.